The van der Waals surface area contributed by atoms with Crippen molar-refractivity contribution >= 4 is 17.6 Å². The summed E-state index contributed by atoms with van der Waals surface area (Å²) in [6, 6.07) is 7.28. The number of carboxylic acids is 1. The van der Waals surface area contributed by atoms with Crippen molar-refractivity contribution in [2.45, 2.75) is 6.42 Å². The monoisotopic (exact) mass is 236 g/mol. The van der Waals surface area contributed by atoms with E-state index in [1.807, 2.05) is 12.1 Å². The van der Waals surface area contributed by atoms with Crippen LogP contribution in [-0.2, 0) is 11.2 Å². The lowest BCUT2D eigenvalue weighted by atomic mass is 10.2. The molecule has 0 aliphatic rings. The number of carboxylic acid groups (broad SMARTS) is 1. The zero-order valence-corrected chi connectivity index (χ0v) is 9.03. The molecule has 0 saturated heterocycles. The van der Waals surface area contributed by atoms with E-state index in [4.69, 9.17) is 16.7 Å². The molecule has 0 amide bonds. The van der Waals surface area contributed by atoms with Crippen LogP contribution in [0, 0.1) is 0 Å². The lowest BCUT2D eigenvalue weighted by molar-refractivity contribution is -0.136. The van der Waals surface area contributed by atoms with Gasteiger partial charge in [0, 0.05) is 10.6 Å². The molecule has 0 spiro atoms. The molecule has 1 heterocycles. The van der Waals surface area contributed by atoms with E-state index in [1.54, 1.807) is 18.3 Å². The second-order valence-electron chi connectivity index (χ2n) is 3.32. The van der Waals surface area contributed by atoms with Gasteiger partial charge in [-0.25, -0.2) is 4.98 Å². The molecule has 1 aromatic carbocycles. The minimum absolute atomic E-state index is 0.111. The zero-order valence-electron chi connectivity index (χ0n) is 8.27. The highest BCUT2D eigenvalue weighted by Crippen LogP contribution is 2.20. The fraction of sp³-hybridized carbons (Fsp3) is 0.0909. The van der Waals surface area contributed by atoms with Crippen molar-refractivity contribution < 1.29 is 9.90 Å². The van der Waals surface area contributed by atoms with Crippen molar-refractivity contribution in [3.63, 3.8) is 0 Å². The van der Waals surface area contributed by atoms with E-state index in [9.17, 15) is 4.79 Å². The number of nitrogens with zero attached hydrogens (tertiary/aromatic N) is 1. The molecule has 2 N–H and O–H groups in total. The Bertz CT molecular complexity index is 522. The third-order valence-corrected chi connectivity index (χ3v) is 2.32. The molecule has 2 aromatic rings. The van der Waals surface area contributed by atoms with Gasteiger partial charge >= 0.3 is 5.97 Å². The Balaban J connectivity index is 2.28. The topological polar surface area (TPSA) is 66.0 Å². The summed E-state index contributed by atoms with van der Waals surface area (Å²) in [6.07, 6.45) is 1.49. The predicted octanol–water partition coefficient (Wildman–Crippen LogP) is 2.36. The number of benzene rings is 1. The van der Waals surface area contributed by atoms with Gasteiger partial charge in [0.05, 0.1) is 11.9 Å². The predicted molar refractivity (Wildman–Crippen MR) is 60.4 cm³/mol. The Hall–Kier alpha value is -1.81. The quantitative estimate of drug-likeness (QED) is 0.860. The second-order valence-corrected chi connectivity index (χ2v) is 3.76. The number of aromatic amines is 1. The van der Waals surface area contributed by atoms with E-state index in [0.717, 1.165) is 11.3 Å². The van der Waals surface area contributed by atoms with Crippen molar-refractivity contribution in [1.29, 1.82) is 0 Å². The van der Waals surface area contributed by atoms with Gasteiger partial charge in [-0.2, -0.15) is 0 Å². The maximum Gasteiger partial charge on any atom is 0.311 e. The summed E-state index contributed by atoms with van der Waals surface area (Å²) in [5.41, 5.74) is 1.65. The van der Waals surface area contributed by atoms with Gasteiger partial charge in [-0.15, -0.1) is 0 Å². The summed E-state index contributed by atoms with van der Waals surface area (Å²) in [6.45, 7) is 0. The minimum atomic E-state index is -0.910. The van der Waals surface area contributed by atoms with Crippen molar-refractivity contribution in [2.75, 3.05) is 0 Å². The first-order valence-electron chi connectivity index (χ1n) is 4.67. The van der Waals surface area contributed by atoms with E-state index >= 15 is 0 Å². The van der Waals surface area contributed by atoms with Gasteiger partial charge in [0.25, 0.3) is 0 Å². The molecule has 2 rings (SSSR count). The van der Waals surface area contributed by atoms with Crippen LogP contribution in [0.4, 0.5) is 0 Å². The average molecular weight is 237 g/mol. The maximum absolute atomic E-state index is 10.5. The third-order valence-electron chi connectivity index (χ3n) is 2.08. The number of hydrogen-bond acceptors (Lipinski definition) is 2. The van der Waals surface area contributed by atoms with Crippen molar-refractivity contribution in [3.05, 3.63) is 41.3 Å². The minimum Gasteiger partial charge on any atom is -0.481 e. The molecular weight excluding hydrogens is 228 g/mol. The van der Waals surface area contributed by atoms with Gasteiger partial charge < -0.3 is 10.1 Å². The molecule has 0 unspecified atom stereocenters. The molecule has 82 valence electrons. The van der Waals surface area contributed by atoms with E-state index < -0.39 is 5.97 Å². The first-order chi connectivity index (χ1) is 7.65. The van der Waals surface area contributed by atoms with E-state index in [2.05, 4.69) is 9.97 Å². The highest BCUT2D eigenvalue weighted by Gasteiger charge is 2.06. The Labute approximate surface area is 96.9 Å². The number of aliphatic carboxylic acids is 1. The number of hydrogen-bond donors (Lipinski definition) is 2. The molecule has 0 saturated carbocycles. The number of carbonyl (C=O) groups is 1. The van der Waals surface area contributed by atoms with Crippen LogP contribution in [-0.4, -0.2) is 21.0 Å². The highest BCUT2D eigenvalue weighted by molar-refractivity contribution is 6.30. The number of H-pyrrole nitrogens is 1. The van der Waals surface area contributed by atoms with Gasteiger partial charge in [-0.05, 0) is 12.1 Å². The summed E-state index contributed by atoms with van der Waals surface area (Å²) >= 11 is 5.86. The number of aromatic nitrogens is 2. The van der Waals surface area contributed by atoms with Gasteiger partial charge in [0.2, 0.25) is 0 Å². The average Bonchev–Trinajstić information content (AvgIpc) is 2.65. The van der Waals surface area contributed by atoms with Crippen LogP contribution >= 0.6 is 11.6 Å². The Morgan fingerprint density at radius 2 is 2.31 bits per heavy atom. The summed E-state index contributed by atoms with van der Waals surface area (Å²) in [5.74, 6) is -0.477. The first-order valence-corrected chi connectivity index (χ1v) is 5.04. The number of rotatable bonds is 3. The van der Waals surface area contributed by atoms with Crippen LogP contribution in [0.15, 0.2) is 30.5 Å². The largest absolute Gasteiger partial charge is 0.481 e. The number of imidazole rings is 1. The van der Waals surface area contributed by atoms with Crippen LogP contribution in [0.1, 0.15) is 5.82 Å². The van der Waals surface area contributed by atoms with Crippen LogP contribution in [0.2, 0.25) is 5.02 Å². The zero-order chi connectivity index (χ0) is 11.5. The fourth-order valence-corrected chi connectivity index (χ4v) is 1.59. The molecule has 0 fully saturated rings. The lowest BCUT2D eigenvalue weighted by Crippen LogP contribution is -2.01. The van der Waals surface area contributed by atoms with Crippen molar-refractivity contribution in [2.24, 2.45) is 0 Å². The third kappa shape index (κ3) is 2.41. The maximum atomic E-state index is 10.5. The molecule has 16 heavy (non-hydrogen) atoms. The van der Waals surface area contributed by atoms with Crippen molar-refractivity contribution in [1.82, 2.24) is 9.97 Å². The molecule has 0 aliphatic heterocycles. The molecule has 0 radical (unpaired) electrons. The highest BCUT2D eigenvalue weighted by atomic mass is 35.5. The van der Waals surface area contributed by atoms with Crippen LogP contribution in [0.5, 0.6) is 0 Å². The molecule has 4 nitrogen and oxygen atoms in total. The lowest BCUT2D eigenvalue weighted by Gasteiger charge is -1.97. The normalized spacial score (nSPS) is 10.3. The van der Waals surface area contributed by atoms with Gasteiger partial charge in [0.15, 0.2) is 0 Å². The molecule has 0 atom stereocenters. The van der Waals surface area contributed by atoms with Crippen molar-refractivity contribution in [3.8, 4) is 11.3 Å². The summed E-state index contributed by atoms with van der Waals surface area (Å²) in [5, 5.41) is 9.24. The van der Waals surface area contributed by atoms with Crippen LogP contribution in [0.3, 0.4) is 0 Å². The first kappa shape index (κ1) is 10.7. The Kier molecular flexibility index (Phi) is 2.92. The van der Waals surface area contributed by atoms with Crippen LogP contribution in [0.25, 0.3) is 11.3 Å². The number of halogens is 1. The molecule has 1 aromatic heterocycles. The SMILES string of the molecule is O=C(O)Cc1ncc(-c2cccc(Cl)c2)[nH]1. The summed E-state index contributed by atoms with van der Waals surface area (Å²) < 4.78 is 0. The van der Waals surface area contributed by atoms with Gasteiger partial charge in [-0.1, -0.05) is 23.7 Å². The van der Waals surface area contributed by atoms with Gasteiger partial charge in [-0.3, -0.25) is 4.79 Å². The van der Waals surface area contributed by atoms with Gasteiger partial charge in [0.1, 0.15) is 12.2 Å². The Morgan fingerprint density at radius 3 is 3.00 bits per heavy atom. The smallest absolute Gasteiger partial charge is 0.311 e. The molecule has 5 heteroatoms. The molecule has 0 bridgehead atoms. The summed E-state index contributed by atoms with van der Waals surface area (Å²) in [7, 11) is 0. The fourth-order valence-electron chi connectivity index (χ4n) is 1.40. The summed E-state index contributed by atoms with van der Waals surface area (Å²) in [4.78, 5) is 17.4. The molecular formula is C11H9ClN2O2. The van der Waals surface area contributed by atoms with E-state index in [0.29, 0.717) is 10.8 Å². The standard InChI is InChI=1S/C11H9ClN2O2/c12-8-3-1-2-7(4-8)9-6-13-10(14-9)5-11(15)16/h1-4,6H,5H2,(H,13,14)(H,15,16). The number of nitrogens with one attached hydrogen (secondary N) is 1. The Morgan fingerprint density at radius 1 is 1.50 bits per heavy atom. The second kappa shape index (κ2) is 4.37. The van der Waals surface area contributed by atoms with E-state index in [1.165, 1.54) is 0 Å². The molecule has 0 aliphatic carbocycles. The van der Waals surface area contributed by atoms with E-state index in [-0.39, 0.29) is 6.42 Å². The van der Waals surface area contributed by atoms with Crippen LogP contribution < -0.4 is 0 Å².